The van der Waals surface area contributed by atoms with Crippen LogP contribution >= 0.6 is 15.9 Å². The SMILES string of the molecule is CC(C)c1nc(-c2ccc(F)c(Br)c2)ccc1C(=O)O. The second-order valence-corrected chi connectivity index (χ2v) is 5.57. The molecule has 2 aromatic rings. The van der Waals surface area contributed by atoms with Gasteiger partial charge in [0.25, 0.3) is 0 Å². The molecule has 1 heterocycles. The maximum absolute atomic E-state index is 13.2. The van der Waals surface area contributed by atoms with Crippen molar-refractivity contribution >= 4 is 21.9 Å². The number of carboxylic acids is 1. The monoisotopic (exact) mass is 337 g/mol. The van der Waals surface area contributed by atoms with Crippen LogP contribution in [0.3, 0.4) is 0 Å². The number of nitrogens with zero attached hydrogens (tertiary/aromatic N) is 1. The Balaban J connectivity index is 2.55. The van der Waals surface area contributed by atoms with Gasteiger partial charge in [-0.25, -0.2) is 9.18 Å². The molecule has 1 aromatic carbocycles. The van der Waals surface area contributed by atoms with E-state index in [0.717, 1.165) is 5.56 Å². The molecule has 104 valence electrons. The molecule has 1 aromatic heterocycles. The Morgan fingerprint density at radius 2 is 2.00 bits per heavy atom. The van der Waals surface area contributed by atoms with E-state index in [9.17, 15) is 9.18 Å². The van der Waals surface area contributed by atoms with Gasteiger partial charge < -0.3 is 5.11 Å². The predicted molar refractivity (Wildman–Crippen MR) is 78.4 cm³/mol. The van der Waals surface area contributed by atoms with Crippen molar-refractivity contribution in [1.29, 1.82) is 0 Å². The van der Waals surface area contributed by atoms with Crippen LogP contribution in [-0.4, -0.2) is 16.1 Å². The summed E-state index contributed by atoms with van der Waals surface area (Å²) in [5.74, 6) is -1.35. The Labute approximate surface area is 124 Å². The summed E-state index contributed by atoms with van der Waals surface area (Å²) in [4.78, 5) is 15.6. The lowest BCUT2D eigenvalue weighted by Gasteiger charge is -2.11. The lowest BCUT2D eigenvalue weighted by atomic mass is 10.0. The number of pyridine rings is 1. The highest BCUT2D eigenvalue weighted by atomic mass is 79.9. The average Bonchev–Trinajstić information content (AvgIpc) is 2.41. The van der Waals surface area contributed by atoms with Crippen molar-refractivity contribution in [2.75, 3.05) is 0 Å². The summed E-state index contributed by atoms with van der Waals surface area (Å²) < 4.78 is 13.6. The smallest absolute Gasteiger partial charge is 0.337 e. The average molecular weight is 338 g/mol. The molecular weight excluding hydrogens is 325 g/mol. The number of aromatic carboxylic acids is 1. The summed E-state index contributed by atoms with van der Waals surface area (Å²) >= 11 is 3.13. The summed E-state index contributed by atoms with van der Waals surface area (Å²) in [6.45, 7) is 3.78. The summed E-state index contributed by atoms with van der Waals surface area (Å²) in [5, 5.41) is 9.16. The van der Waals surface area contributed by atoms with Gasteiger partial charge in [-0.1, -0.05) is 13.8 Å². The van der Waals surface area contributed by atoms with Gasteiger partial charge in [-0.2, -0.15) is 0 Å². The Morgan fingerprint density at radius 1 is 1.30 bits per heavy atom. The Hall–Kier alpha value is -1.75. The van der Waals surface area contributed by atoms with Gasteiger partial charge in [-0.15, -0.1) is 0 Å². The van der Waals surface area contributed by atoms with E-state index in [2.05, 4.69) is 20.9 Å². The van der Waals surface area contributed by atoms with E-state index in [1.807, 2.05) is 13.8 Å². The third kappa shape index (κ3) is 2.88. The topological polar surface area (TPSA) is 50.2 Å². The van der Waals surface area contributed by atoms with Gasteiger partial charge in [0.1, 0.15) is 5.82 Å². The molecule has 0 saturated heterocycles. The predicted octanol–water partition coefficient (Wildman–Crippen LogP) is 4.47. The van der Waals surface area contributed by atoms with E-state index in [-0.39, 0.29) is 17.3 Å². The third-order valence-electron chi connectivity index (χ3n) is 2.92. The first-order valence-electron chi connectivity index (χ1n) is 6.10. The van der Waals surface area contributed by atoms with Crippen LogP contribution in [0.15, 0.2) is 34.8 Å². The number of carbonyl (C=O) groups is 1. The molecular formula is C15H13BrFNO2. The van der Waals surface area contributed by atoms with Crippen molar-refractivity contribution in [1.82, 2.24) is 4.98 Å². The zero-order valence-corrected chi connectivity index (χ0v) is 12.6. The minimum Gasteiger partial charge on any atom is -0.478 e. The van der Waals surface area contributed by atoms with E-state index in [1.54, 1.807) is 18.2 Å². The van der Waals surface area contributed by atoms with E-state index in [4.69, 9.17) is 5.11 Å². The highest BCUT2D eigenvalue weighted by Crippen LogP contribution is 2.26. The fourth-order valence-electron chi connectivity index (χ4n) is 1.91. The molecule has 0 unspecified atom stereocenters. The molecule has 3 nitrogen and oxygen atoms in total. The van der Waals surface area contributed by atoms with Crippen LogP contribution in [0.1, 0.15) is 35.8 Å². The molecule has 0 saturated carbocycles. The van der Waals surface area contributed by atoms with Crippen LogP contribution in [0.25, 0.3) is 11.3 Å². The largest absolute Gasteiger partial charge is 0.478 e. The molecule has 0 aliphatic rings. The van der Waals surface area contributed by atoms with E-state index < -0.39 is 5.97 Å². The molecule has 0 fully saturated rings. The maximum atomic E-state index is 13.2. The second-order valence-electron chi connectivity index (χ2n) is 4.72. The molecule has 1 N–H and O–H groups in total. The standard InChI is InChI=1S/C15H13BrFNO2/c1-8(2)14-10(15(19)20)4-6-13(18-14)9-3-5-12(17)11(16)7-9/h3-8H,1-2H3,(H,19,20). The molecule has 0 amide bonds. The molecule has 0 aliphatic carbocycles. The Bertz CT molecular complexity index is 671. The molecule has 0 atom stereocenters. The highest BCUT2D eigenvalue weighted by molar-refractivity contribution is 9.10. The van der Waals surface area contributed by atoms with Gasteiger partial charge >= 0.3 is 5.97 Å². The fourth-order valence-corrected chi connectivity index (χ4v) is 2.29. The van der Waals surface area contributed by atoms with Crippen molar-refractivity contribution in [2.24, 2.45) is 0 Å². The van der Waals surface area contributed by atoms with Gasteiger partial charge in [0.15, 0.2) is 0 Å². The lowest BCUT2D eigenvalue weighted by Crippen LogP contribution is -2.07. The summed E-state index contributed by atoms with van der Waals surface area (Å²) in [6.07, 6.45) is 0. The van der Waals surface area contributed by atoms with Crippen LogP contribution in [0.2, 0.25) is 0 Å². The lowest BCUT2D eigenvalue weighted by molar-refractivity contribution is 0.0694. The fraction of sp³-hybridized carbons (Fsp3) is 0.200. The molecule has 0 bridgehead atoms. The maximum Gasteiger partial charge on any atom is 0.337 e. The highest BCUT2D eigenvalue weighted by Gasteiger charge is 2.16. The van der Waals surface area contributed by atoms with Crippen LogP contribution in [0.4, 0.5) is 4.39 Å². The number of hydrogen-bond donors (Lipinski definition) is 1. The van der Waals surface area contributed by atoms with Gasteiger partial charge in [-0.05, 0) is 52.2 Å². The van der Waals surface area contributed by atoms with Crippen LogP contribution in [-0.2, 0) is 0 Å². The van der Waals surface area contributed by atoms with Crippen molar-refractivity contribution < 1.29 is 14.3 Å². The van der Waals surface area contributed by atoms with Crippen molar-refractivity contribution in [3.05, 3.63) is 51.9 Å². The zero-order valence-electron chi connectivity index (χ0n) is 11.0. The third-order valence-corrected chi connectivity index (χ3v) is 3.53. The number of carboxylic acid groups (broad SMARTS) is 1. The van der Waals surface area contributed by atoms with E-state index in [0.29, 0.717) is 15.9 Å². The first kappa shape index (κ1) is 14.7. The van der Waals surface area contributed by atoms with E-state index >= 15 is 0 Å². The molecule has 0 spiro atoms. The quantitative estimate of drug-likeness (QED) is 0.898. The number of halogens is 2. The minimum atomic E-state index is -0.993. The van der Waals surface area contributed by atoms with Gasteiger partial charge in [0.2, 0.25) is 0 Å². The van der Waals surface area contributed by atoms with E-state index in [1.165, 1.54) is 12.1 Å². The first-order valence-corrected chi connectivity index (χ1v) is 6.89. The molecule has 5 heteroatoms. The molecule has 20 heavy (non-hydrogen) atoms. The van der Waals surface area contributed by atoms with Crippen molar-refractivity contribution in [2.45, 2.75) is 19.8 Å². The van der Waals surface area contributed by atoms with Gasteiger partial charge in [0.05, 0.1) is 21.4 Å². The van der Waals surface area contributed by atoms with Crippen LogP contribution in [0.5, 0.6) is 0 Å². The van der Waals surface area contributed by atoms with Crippen molar-refractivity contribution in [3.8, 4) is 11.3 Å². The minimum absolute atomic E-state index is 0.00932. The summed E-state index contributed by atoms with van der Waals surface area (Å²) in [5.41, 5.74) is 2.08. The first-order chi connectivity index (χ1) is 9.40. The summed E-state index contributed by atoms with van der Waals surface area (Å²) in [7, 11) is 0. The number of aromatic nitrogens is 1. The number of hydrogen-bond acceptors (Lipinski definition) is 2. The number of rotatable bonds is 3. The Kier molecular flexibility index (Phi) is 4.18. The molecule has 0 aliphatic heterocycles. The second kappa shape index (κ2) is 5.71. The van der Waals surface area contributed by atoms with Crippen LogP contribution < -0.4 is 0 Å². The van der Waals surface area contributed by atoms with Gasteiger partial charge in [-0.3, -0.25) is 4.98 Å². The zero-order chi connectivity index (χ0) is 14.9. The molecule has 0 radical (unpaired) electrons. The summed E-state index contributed by atoms with van der Waals surface area (Å²) in [6, 6.07) is 7.77. The molecule has 2 rings (SSSR count). The normalized spacial score (nSPS) is 10.8. The number of benzene rings is 1. The van der Waals surface area contributed by atoms with Gasteiger partial charge in [0, 0.05) is 5.56 Å². The van der Waals surface area contributed by atoms with Crippen molar-refractivity contribution in [3.63, 3.8) is 0 Å². The van der Waals surface area contributed by atoms with Crippen LogP contribution in [0, 0.1) is 5.82 Å². The Morgan fingerprint density at radius 3 is 2.55 bits per heavy atom.